The molecule has 0 saturated carbocycles. The summed E-state index contributed by atoms with van der Waals surface area (Å²) < 4.78 is 2.11. The van der Waals surface area contributed by atoms with E-state index in [4.69, 9.17) is 11.6 Å². The van der Waals surface area contributed by atoms with Gasteiger partial charge in [-0.3, -0.25) is 0 Å². The second kappa shape index (κ2) is 6.03. The minimum Gasteiger partial charge on any atom is -0.331 e. The monoisotopic (exact) mass is 263 g/mol. The van der Waals surface area contributed by atoms with Crippen LogP contribution in [0.5, 0.6) is 0 Å². The molecule has 1 heterocycles. The van der Waals surface area contributed by atoms with Crippen molar-refractivity contribution in [3.63, 3.8) is 0 Å². The normalized spacial score (nSPS) is 10.8. The van der Waals surface area contributed by atoms with Crippen LogP contribution in [0, 0.1) is 0 Å². The van der Waals surface area contributed by atoms with Crippen molar-refractivity contribution >= 4 is 11.6 Å². The molecule has 4 heteroatoms. The Morgan fingerprint density at radius 2 is 2.17 bits per heavy atom. The van der Waals surface area contributed by atoms with Crippen molar-refractivity contribution in [1.29, 1.82) is 0 Å². The van der Waals surface area contributed by atoms with Crippen LogP contribution in [0.25, 0.3) is 11.4 Å². The standard InChI is InChI=1S/C14H18ClN3/c1-3-16-10-12-6-5-11(9-13(12)15)14-17-7-8-18(14)4-2/h5-9,16H,3-4,10H2,1-2H3. The Morgan fingerprint density at radius 3 is 2.83 bits per heavy atom. The van der Waals surface area contributed by atoms with Crippen molar-refractivity contribution in [2.24, 2.45) is 0 Å². The third-order valence-corrected chi connectivity index (χ3v) is 3.28. The third kappa shape index (κ3) is 2.74. The van der Waals surface area contributed by atoms with Gasteiger partial charge in [0.05, 0.1) is 0 Å². The van der Waals surface area contributed by atoms with E-state index in [0.29, 0.717) is 0 Å². The summed E-state index contributed by atoms with van der Waals surface area (Å²) in [7, 11) is 0. The summed E-state index contributed by atoms with van der Waals surface area (Å²) >= 11 is 6.30. The zero-order chi connectivity index (χ0) is 13.0. The van der Waals surface area contributed by atoms with Gasteiger partial charge in [-0.05, 0) is 25.1 Å². The van der Waals surface area contributed by atoms with Gasteiger partial charge in [0.1, 0.15) is 5.82 Å². The van der Waals surface area contributed by atoms with E-state index in [-0.39, 0.29) is 0 Å². The van der Waals surface area contributed by atoms with Crippen LogP contribution < -0.4 is 5.32 Å². The Hall–Kier alpha value is -1.32. The maximum atomic E-state index is 6.30. The molecule has 18 heavy (non-hydrogen) atoms. The van der Waals surface area contributed by atoms with E-state index < -0.39 is 0 Å². The fraction of sp³-hybridized carbons (Fsp3) is 0.357. The van der Waals surface area contributed by atoms with E-state index in [1.807, 2.05) is 18.5 Å². The number of halogens is 1. The quantitative estimate of drug-likeness (QED) is 0.897. The molecule has 0 spiro atoms. The van der Waals surface area contributed by atoms with Gasteiger partial charge in [-0.2, -0.15) is 0 Å². The number of aromatic nitrogens is 2. The summed E-state index contributed by atoms with van der Waals surface area (Å²) in [5.74, 6) is 0.967. The van der Waals surface area contributed by atoms with Crippen molar-refractivity contribution in [3.05, 3.63) is 41.2 Å². The predicted molar refractivity (Wildman–Crippen MR) is 75.7 cm³/mol. The molecular formula is C14H18ClN3. The largest absolute Gasteiger partial charge is 0.331 e. The SMILES string of the molecule is CCNCc1ccc(-c2nccn2CC)cc1Cl. The molecule has 0 aliphatic carbocycles. The Morgan fingerprint density at radius 1 is 1.33 bits per heavy atom. The number of hydrogen-bond acceptors (Lipinski definition) is 2. The summed E-state index contributed by atoms with van der Waals surface area (Å²) in [5, 5.41) is 4.07. The molecule has 2 rings (SSSR count). The van der Waals surface area contributed by atoms with Crippen molar-refractivity contribution in [2.45, 2.75) is 26.9 Å². The zero-order valence-corrected chi connectivity index (χ0v) is 11.5. The molecular weight excluding hydrogens is 246 g/mol. The molecule has 0 atom stereocenters. The minimum absolute atomic E-state index is 0.791. The molecule has 1 aromatic heterocycles. The average molecular weight is 264 g/mol. The molecule has 1 N–H and O–H groups in total. The van der Waals surface area contributed by atoms with Gasteiger partial charge in [-0.15, -0.1) is 0 Å². The maximum absolute atomic E-state index is 6.30. The number of benzene rings is 1. The lowest BCUT2D eigenvalue weighted by atomic mass is 10.1. The molecule has 0 fully saturated rings. The van der Waals surface area contributed by atoms with E-state index in [1.165, 1.54) is 0 Å². The summed E-state index contributed by atoms with van der Waals surface area (Å²) in [4.78, 5) is 4.38. The second-order valence-electron chi connectivity index (χ2n) is 4.12. The fourth-order valence-corrected chi connectivity index (χ4v) is 2.16. The van der Waals surface area contributed by atoms with E-state index in [2.05, 4.69) is 40.8 Å². The number of rotatable bonds is 5. The first-order chi connectivity index (χ1) is 8.76. The minimum atomic E-state index is 0.791. The molecule has 3 nitrogen and oxygen atoms in total. The lowest BCUT2D eigenvalue weighted by Gasteiger charge is -2.09. The van der Waals surface area contributed by atoms with E-state index in [1.54, 1.807) is 0 Å². The zero-order valence-electron chi connectivity index (χ0n) is 10.8. The van der Waals surface area contributed by atoms with Gasteiger partial charge in [0.15, 0.2) is 0 Å². The summed E-state index contributed by atoms with van der Waals surface area (Å²) in [6.07, 6.45) is 3.80. The molecule has 96 valence electrons. The van der Waals surface area contributed by atoms with Gasteiger partial charge in [-0.25, -0.2) is 4.98 Å². The first kappa shape index (κ1) is 13.1. The topological polar surface area (TPSA) is 29.9 Å². The van der Waals surface area contributed by atoms with Crippen molar-refractivity contribution < 1.29 is 0 Å². The molecule has 1 aromatic carbocycles. The third-order valence-electron chi connectivity index (χ3n) is 2.93. The molecule has 0 aliphatic heterocycles. The van der Waals surface area contributed by atoms with Crippen LogP contribution in [0.3, 0.4) is 0 Å². The highest BCUT2D eigenvalue weighted by Gasteiger charge is 2.07. The number of hydrogen-bond donors (Lipinski definition) is 1. The maximum Gasteiger partial charge on any atom is 0.139 e. The average Bonchev–Trinajstić information content (AvgIpc) is 2.85. The first-order valence-electron chi connectivity index (χ1n) is 6.27. The van der Waals surface area contributed by atoms with Crippen molar-refractivity contribution in [1.82, 2.24) is 14.9 Å². The number of nitrogens with zero attached hydrogens (tertiary/aromatic N) is 2. The van der Waals surface area contributed by atoms with Crippen molar-refractivity contribution in [3.8, 4) is 11.4 Å². The predicted octanol–water partition coefficient (Wildman–Crippen LogP) is 3.33. The number of nitrogens with one attached hydrogen (secondary N) is 1. The molecule has 0 radical (unpaired) electrons. The lowest BCUT2D eigenvalue weighted by molar-refractivity contribution is 0.727. The highest BCUT2D eigenvalue weighted by atomic mass is 35.5. The van der Waals surface area contributed by atoms with E-state index in [9.17, 15) is 0 Å². The number of imidazole rings is 1. The van der Waals surface area contributed by atoms with E-state index >= 15 is 0 Å². The molecule has 2 aromatic rings. The number of aryl methyl sites for hydroxylation is 1. The summed E-state index contributed by atoms with van der Waals surface area (Å²) in [5.41, 5.74) is 2.18. The van der Waals surface area contributed by atoms with E-state index in [0.717, 1.165) is 41.6 Å². The van der Waals surface area contributed by atoms with Crippen LogP contribution in [0.4, 0.5) is 0 Å². The van der Waals surface area contributed by atoms with Crippen LogP contribution in [0.15, 0.2) is 30.6 Å². The Bertz CT molecular complexity index is 520. The first-order valence-corrected chi connectivity index (χ1v) is 6.64. The fourth-order valence-electron chi connectivity index (χ4n) is 1.91. The smallest absolute Gasteiger partial charge is 0.139 e. The molecule has 0 unspecified atom stereocenters. The van der Waals surface area contributed by atoms with Crippen molar-refractivity contribution in [2.75, 3.05) is 6.54 Å². The Kier molecular flexibility index (Phi) is 4.39. The summed E-state index contributed by atoms with van der Waals surface area (Å²) in [6, 6.07) is 6.13. The molecule has 0 amide bonds. The van der Waals surface area contributed by atoms with Crippen LogP contribution in [0.2, 0.25) is 5.02 Å². The van der Waals surface area contributed by atoms with Gasteiger partial charge in [0, 0.05) is 36.1 Å². The van der Waals surface area contributed by atoms with Gasteiger partial charge in [0.25, 0.3) is 0 Å². The second-order valence-corrected chi connectivity index (χ2v) is 4.53. The Labute approximate surface area is 113 Å². The Balaban J connectivity index is 2.28. The lowest BCUT2D eigenvalue weighted by Crippen LogP contribution is -2.12. The highest BCUT2D eigenvalue weighted by Crippen LogP contribution is 2.24. The van der Waals surface area contributed by atoms with Crippen LogP contribution in [-0.2, 0) is 13.1 Å². The summed E-state index contributed by atoms with van der Waals surface area (Å²) in [6.45, 7) is 6.84. The van der Waals surface area contributed by atoms with Gasteiger partial charge >= 0.3 is 0 Å². The van der Waals surface area contributed by atoms with Crippen LogP contribution in [0.1, 0.15) is 19.4 Å². The highest BCUT2D eigenvalue weighted by molar-refractivity contribution is 6.31. The van der Waals surface area contributed by atoms with Gasteiger partial charge in [0.2, 0.25) is 0 Å². The molecule has 0 bridgehead atoms. The van der Waals surface area contributed by atoms with Crippen LogP contribution in [-0.4, -0.2) is 16.1 Å². The van der Waals surface area contributed by atoms with Crippen LogP contribution >= 0.6 is 11.6 Å². The molecule has 0 saturated heterocycles. The van der Waals surface area contributed by atoms with Gasteiger partial charge in [-0.1, -0.05) is 30.7 Å². The molecule has 0 aliphatic rings. The van der Waals surface area contributed by atoms with Gasteiger partial charge < -0.3 is 9.88 Å².